The molecule has 1 N–H and O–H groups in total. The summed E-state index contributed by atoms with van der Waals surface area (Å²) in [6.45, 7) is 1.40. The van der Waals surface area contributed by atoms with Crippen molar-refractivity contribution in [2.24, 2.45) is 0 Å². The van der Waals surface area contributed by atoms with Gasteiger partial charge in [-0.05, 0) is 35.9 Å². The first-order chi connectivity index (χ1) is 8.60. The third-order valence-electron chi connectivity index (χ3n) is 2.68. The highest BCUT2D eigenvalue weighted by molar-refractivity contribution is 5.95. The second kappa shape index (κ2) is 4.92. The van der Waals surface area contributed by atoms with E-state index >= 15 is 0 Å². The van der Waals surface area contributed by atoms with Gasteiger partial charge in [-0.2, -0.15) is 0 Å². The molecule has 0 amide bonds. The summed E-state index contributed by atoms with van der Waals surface area (Å²) in [5.41, 5.74) is 0.628. The van der Waals surface area contributed by atoms with Gasteiger partial charge in [-0.25, -0.2) is 0 Å². The van der Waals surface area contributed by atoms with Gasteiger partial charge in [0.05, 0.1) is 7.11 Å². The first kappa shape index (κ1) is 12.2. The summed E-state index contributed by atoms with van der Waals surface area (Å²) in [6.07, 6.45) is 1.21. The Morgan fingerprint density at radius 1 is 1.17 bits per heavy atom. The van der Waals surface area contributed by atoms with E-state index in [0.717, 1.165) is 16.5 Å². The summed E-state index contributed by atoms with van der Waals surface area (Å²) in [7, 11) is 1.62. The van der Waals surface area contributed by atoms with Crippen molar-refractivity contribution >= 4 is 22.3 Å². The minimum atomic E-state index is -0.178. The predicted octanol–water partition coefficient (Wildman–Crippen LogP) is 3.34. The summed E-state index contributed by atoms with van der Waals surface area (Å²) in [5.74, 6) is 0.598. The molecule has 92 valence electrons. The molecule has 0 aliphatic rings. The molecule has 0 aromatic heterocycles. The second-order valence-electron chi connectivity index (χ2n) is 4.07. The van der Waals surface area contributed by atoms with Crippen LogP contribution in [0.5, 0.6) is 5.75 Å². The number of aliphatic hydroxyl groups is 1. The molecule has 0 aliphatic carbocycles. The molecule has 0 saturated heterocycles. The maximum atomic E-state index is 10.9. The zero-order chi connectivity index (χ0) is 13.1. The van der Waals surface area contributed by atoms with E-state index in [1.807, 2.05) is 30.3 Å². The Morgan fingerprint density at radius 2 is 1.83 bits per heavy atom. The molecule has 0 spiro atoms. The largest absolute Gasteiger partial charge is 0.507 e. The van der Waals surface area contributed by atoms with E-state index in [1.165, 1.54) is 13.0 Å². The molecule has 0 unspecified atom stereocenters. The van der Waals surface area contributed by atoms with Crippen molar-refractivity contribution in [3.05, 3.63) is 48.0 Å². The van der Waals surface area contributed by atoms with E-state index in [2.05, 4.69) is 0 Å². The van der Waals surface area contributed by atoms with Crippen molar-refractivity contribution in [3.63, 3.8) is 0 Å². The zero-order valence-electron chi connectivity index (χ0n) is 10.3. The quantitative estimate of drug-likeness (QED) is 0.663. The van der Waals surface area contributed by atoms with Gasteiger partial charge >= 0.3 is 0 Å². The van der Waals surface area contributed by atoms with Crippen molar-refractivity contribution in [2.75, 3.05) is 7.11 Å². The summed E-state index contributed by atoms with van der Waals surface area (Å²) in [6, 6.07) is 11.2. The van der Waals surface area contributed by atoms with Gasteiger partial charge < -0.3 is 9.84 Å². The molecule has 3 heteroatoms. The van der Waals surface area contributed by atoms with Gasteiger partial charge in [0.2, 0.25) is 0 Å². The van der Waals surface area contributed by atoms with Crippen LogP contribution < -0.4 is 4.74 Å². The molecule has 0 fully saturated rings. The lowest BCUT2D eigenvalue weighted by Crippen LogP contribution is -1.89. The van der Waals surface area contributed by atoms with Crippen LogP contribution in [-0.2, 0) is 4.79 Å². The predicted molar refractivity (Wildman–Crippen MR) is 71.8 cm³/mol. The number of carbonyl (C=O) groups excluding carboxylic acids is 1. The Balaban J connectivity index is 2.48. The number of hydrogen-bond acceptors (Lipinski definition) is 3. The van der Waals surface area contributed by atoms with E-state index in [0.29, 0.717) is 5.56 Å². The topological polar surface area (TPSA) is 46.5 Å². The number of ether oxygens (including phenoxy) is 1. The third-order valence-corrected chi connectivity index (χ3v) is 2.68. The number of allylic oxidation sites excluding steroid dienone is 1. The summed E-state index contributed by atoms with van der Waals surface area (Å²) in [5, 5.41) is 11.8. The number of hydrogen-bond donors (Lipinski definition) is 1. The summed E-state index contributed by atoms with van der Waals surface area (Å²) in [4.78, 5) is 10.9. The number of carbonyl (C=O) groups is 1. The van der Waals surface area contributed by atoms with Gasteiger partial charge in [0.15, 0.2) is 5.78 Å². The van der Waals surface area contributed by atoms with Crippen molar-refractivity contribution in [3.8, 4) is 5.75 Å². The smallest absolute Gasteiger partial charge is 0.156 e. The third kappa shape index (κ3) is 2.51. The first-order valence-electron chi connectivity index (χ1n) is 5.59. The summed E-state index contributed by atoms with van der Waals surface area (Å²) < 4.78 is 5.15. The van der Waals surface area contributed by atoms with Crippen molar-refractivity contribution in [2.45, 2.75) is 6.92 Å². The van der Waals surface area contributed by atoms with Crippen LogP contribution in [0.15, 0.2) is 42.5 Å². The highest BCUT2D eigenvalue weighted by atomic mass is 16.5. The molecule has 0 aliphatic heterocycles. The fraction of sp³-hybridized carbons (Fsp3) is 0.133. The lowest BCUT2D eigenvalue weighted by Gasteiger charge is -2.05. The molecular formula is C15H14O3. The average Bonchev–Trinajstić information content (AvgIpc) is 2.36. The number of fused-ring (bicyclic) bond motifs is 1. The Morgan fingerprint density at radius 3 is 2.50 bits per heavy atom. The van der Waals surface area contributed by atoms with Gasteiger partial charge in [-0.3, -0.25) is 4.79 Å². The number of methoxy groups -OCH3 is 1. The van der Waals surface area contributed by atoms with Crippen LogP contribution in [0.3, 0.4) is 0 Å². The maximum absolute atomic E-state index is 10.9. The van der Waals surface area contributed by atoms with Crippen LogP contribution >= 0.6 is 0 Å². The molecule has 2 aromatic carbocycles. The fourth-order valence-corrected chi connectivity index (χ4v) is 1.79. The molecule has 0 bridgehead atoms. The van der Waals surface area contributed by atoms with Crippen molar-refractivity contribution < 1.29 is 14.6 Å². The highest BCUT2D eigenvalue weighted by Crippen LogP contribution is 2.24. The lowest BCUT2D eigenvalue weighted by molar-refractivity contribution is -0.112. The van der Waals surface area contributed by atoms with E-state index in [-0.39, 0.29) is 11.5 Å². The van der Waals surface area contributed by atoms with Crippen LogP contribution in [0.1, 0.15) is 12.5 Å². The lowest BCUT2D eigenvalue weighted by atomic mass is 10.1. The Bertz CT molecular complexity index is 627. The van der Waals surface area contributed by atoms with E-state index < -0.39 is 0 Å². The van der Waals surface area contributed by atoms with E-state index in [4.69, 9.17) is 4.74 Å². The van der Waals surface area contributed by atoms with Crippen LogP contribution in [0.2, 0.25) is 0 Å². The Labute approximate surface area is 105 Å². The summed E-state index contributed by atoms with van der Waals surface area (Å²) >= 11 is 0. The first-order valence-corrected chi connectivity index (χ1v) is 5.59. The Kier molecular flexibility index (Phi) is 3.33. The van der Waals surface area contributed by atoms with Crippen LogP contribution in [0.4, 0.5) is 0 Å². The molecule has 18 heavy (non-hydrogen) atoms. The number of benzene rings is 2. The molecule has 2 rings (SSSR count). The zero-order valence-corrected chi connectivity index (χ0v) is 10.3. The number of ketones is 1. The van der Waals surface area contributed by atoms with Crippen LogP contribution in [0.25, 0.3) is 16.5 Å². The van der Waals surface area contributed by atoms with Gasteiger partial charge in [0, 0.05) is 11.6 Å². The second-order valence-corrected chi connectivity index (χ2v) is 4.07. The van der Waals surface area contributed by atoms with E-state index in [1.54, 1.807) is 13.2 Å². The molecule has 2 aromatic rings. The molecule has 3 nitrogen and oxygen atoms in total. The van der Waals surface area contributed by atoms with Crippen molar-refractivity contribution in [1.82, 2.24) is 0 Å². The minimum Gasteiger partial charge on any atom is -0.507 e. The highest BCUT2D eigenvalue weighted by Gasteiger charge is 2.03. The SMILES string of the molecule is COc1ccc2cc(/C(O)=C/C(C)=O)ccc2c1. The van der Waals surface area contributed by atoms with Crippen LogP contribution in [0, 0.1) is 0 Å². The van der Waals surface area contributed by atoms with Gasteiger partial charge in [0.25, 0.3) is 0 Å². The molecule has 0 atom stereocenters. The average molecular weight is 242 g/mol. The normalized spacial score (nSPS) is 11.6. The maximum Gasteiger partial charge on any atom is 0.156 e. The standard InChI is InChI=1S/C15H14O3/c1-10(16)7-15(17)13-4-3-12-9-14(18-2)6-5-11(12)8-13/h3-9,17H,1-2H3/b15-7-. The van der Waals surface area contributed by atoms with Crippen molar-refractivity contribution in [1.29, 1.82) is 0 Å². The van der Waals surface area contributed by atoms with Gasteiger partial charge in [-0.15, -0.1) is 0 Å². The number of aliphatic hydroxyl groups excluding tert-OH is 1. The molecule has 0 heterocycles. The number of rotatable bonds is 3. The monoisotopic (exact) mass is 242 g/mol. The fourth-order valence-electron chi connectivity index (χ4n) is 1.79. The van der Waals surface area contributed by atoms with Crippen LogP contribution in [-0.4, -0.2) is 18.0 Å². The molecule has 0 radical (unpaired) electrons. The minimum absolute atomic E-state index is 0.0137. The van der Waals surface area contributed by atoms with E-state index in [9.17, 15) is 9.90 Å². The Hall–Kier alpha value is -2.29. The van der Waals surface area contributed by atoms with Gasteiger partial charge in [0.1, 0.15) is 11.5 Å². The molecule has 0 saturated carbocycles. The van der Waals surface area contributed by atoms with Gasteiger partial charge in [-0.1, -0.05) is 18.2 Å². The molecular weight excluding hydrogens is 228 g/mol.